The third-order valence-electron chi connectivity index (χ3n) is 3.37. The molecule has 0 saturated carbocycles. The van der Waals surface area contributed by atoms with Crippen LogP contribution in [0, 0.1) is 0 Å². The van der Waals surface area contributed by atoms with Gasteiger partial charge in [0.2, 0.25) is 5.91 Å². The first-order chi connectivity index (χ1) is 9.72. The smallest absolute Gasteiger partial charge is 0.227 e. The largest absolute Gasteiger partial charge is 0.497 e. The highest BCUT2D eigenvalue weighted by Crippen LogP contribution is 2.29. The first-order valence-electron chi connectivity index (χ1n) is 6.86. The molecule has 1 unspecified atom stereocenters. The van der Waals surface area contributed by atoms with E-state index in [4.69, 9.17) is 14.2 Å². The number of hydrogen-bond donors (Lipinski definition) is 1. The third kappa shape index (κ3) is 3.87. The van der Waals surface area contributed by atoms with Gasteiger partial charge in [0.1, 0.15) is 11.5 Å². The molecule has 1 heterocycles. The van der Waals surface area contributed by atoms with Gasteiger partial charge in [-0.25, -0.2) is 0 Å². The maximum Gasteiger partial charge on any atom is 0.227 e. The molecule has 1 aliphatic rings. The minimum atomic E-state index is -0.0662. The molecule has 1 aromatic carbocycles. The van der Waals surface area contributed by atoms with Gasteiger partial charge in [0.05, 0.1) is 32.4 Å². The summed E-state index contributed by atoms with van der Waals surface area (Å²) in [6, 6.07) is 5.31. The summed E-state index contributed by atoms with van der Waals surface area (Å²) in [5.41, 5.74) is 0.618. The number of hydrogen-bond acceptors (Lipinski definition) is 4. The summed E-state index contributed by atoms with van der Waals surface area (Å²) in [6.45, 7) is 0.750. The molecule has 5 nitrogen and oxygen atoms in total. The Hall–Kier alpha value is -1.75. The van der Waals surface area contributed by atoms with Crippen LogP contribution in [-0.2, 0) is 9.53 Å². The van der Waals surface area contributed by atoms with Crippen molar-refractivity contribution in [2.24, 2.45) is 0 Å². The second-order valence-corrected chi connectivity index (χ2v) is 4.81. The van der Waals surface area contributed by atoms with Crippen molar-refractivity contribution in [1.29, 1.82) is 0 Å². The zero-order chi connectivity index (χ0) is 14.4. The predicted molar refractivity (Wildman–Crippen MR) is 76.4 cm³/mol. The molecule has 5 heteroatoms. The van der Waals surface area contributed by atoms with Crippen LogP contribution in [0.1, 0.15) is 25.7 Å². The van der Waals surface area contributed by atoms with Gasteiger partial charge in [0.15, 0.2) is 0 Å². The number of anilines is 1. The van der Waals surface area contributed by atoms with Gasteiger partial charge in [0.25, 0.3) is 0 Å². The van der Waals surface area contributed by atoms with E-state index in [2.05, 4.69) is 5.32 Å². The molecule has 20 heavy (non-hydrogen) atoms. The van der Waals surface area contributed by atoms with Crippen LogP contribution in [0.4, 0.5) is 5.69 Å². The Morgan fingerprint density at radius 1 is 1.35 bits per heavy atom. The second-order valence-electron chi connectivity index (χ2n) is 4.81. The van der Waals surface area contributed by atoms with Gasteiger partial charge in [-0.3, -0.25) is 4.79 Å². The van der Waals surface area contributed by atoms with Crippen molar-refractivity contribution in [3.8, 4) is 11.5 Å². The lowest BCUT2D eigenvalue weighted by atomic mass is 10.1. The van der Waals surface area contributed by atoms with E-state index in [0.29, 0.717) is 23.6 Å². The number of methoxy groups -OCH3 is 2. The van der Waals surface area contributed by atoms with Crippen LogP contribution in [0.15, 0.2) is 18.2 Å². The second kappa shape index (κ2) is 7.14. The van der Waals surface area contributed by atoms with Crippen LogP contribution in [0.5, 0.6) is 11.5 Å². The molecule has 1 fully saturated rings. The van der Waals surface area contributed by atoms with Crippen LogP contribution in [-0.4, -0.2) is 32.8 Å². The molecule has 110 valence electrons. The minimum Gasteiger partial charge on any atom is -0.497 e. The molecule has 1 saturated heterocycles. The van der Waals surface area contributed by atoms with Gasteiger partial charge >= 0.3 is 0 Å². The van der Waals surface area contributed by atoms with Crippen LogP contribution in [0.3, 0.4) is 0 Å². The number of rotatable bonds is 5. The Labute approximate surface area is 119 Å². The van der Waals surface area contributed by atoms with E-state index in [1.165, 1.54) is 0 Å². The van der Waals surface area contributed by atoms with Crippen LogP contribution in [0.25, 0.3) is 0 Å². The van der Waals surface area contributed by atoms with E-state index in [-0.39, 0.29) is 12.0 Å². The topological polar surface area (TPSA) is 56.8 Å². The highest BCUT2D eigenvalue weighted by Gasteiger charge is 2.18. The molecular formula is C15H21NO4. The molecule has 0 radical (unpaired) electrons. The molecule has 0 aliphatic carbocycles. The Balaban J connectivity index is 1.98. The standard InChI is InChI=1S/C15H21NO4/c1-18-11-6-7-14(19-2)13(9-11)16-15(17)10-12-5-3-4-8-20-12/h6-7,9,12H,3-5,8,10H2,1-2H3,(H,16,17). The van der Waals surface area contributed by atoms with E-state index >= 15 is 0 Å². The Morgan fingerprint density at radius 2 is 2.20 bits per heavy atom. The molecule has 2 rings (SSSR count). The predicted octanol–water partition coefficient (Wildman–Crippen LogP) is 2.60. The fourth-order valence-electron chi connectivity index (χ4n) is 2.29. The fourth-order valence-corrected chi connectivity index (χ4v) is 2.29. The number of benzene rings is 1. The van der Waals surface area contributed by atoms with Crippen molar-refractivity contribution in [2.45, 2.75) is 31.8 Å². The summed E-state index contributed by atoms with van der Waals surface area (Å²) in [6.07, 6.45) is 3.56. The Bertz CT molecular complexity index is 455. The SMILES string of the molecule is COc1ccc(OC)c(NC(=O)CC2CCCCO2)c1. The molecule has 0 spiro atoms. The molecule has 1 aliphatic heterocycles. The average Bonchev–Trinajstić information content (AvgIpc) is 2.48. The summed E-state index contributed by atoms with van der Waals surface area (Å²) >= 11 is 0. The minimum absolute atomic E-state index is 0.0281. The third-order valence-corrected chi connectivity index (χ3v) is 3.37. The van der Waals surface area contributed by atoms with Crippen molar-refractivity contribution >= 4 is 11.6 Å². The molecule has 1 N–H and O–H groups in total. The van der Waals surface area contributed by atoms with Gasteiger partial charge in [-0.1, -0.05) is 0 Å². The number of carbonyl (C=O) groups excluding carboxylic acids is 1. The fraction of sp³-hybridized carbons (Fsp3) is 0.533. The van der Waals surface area contributed by atoms with Gasteiger partial charge < -0.3 is 19.5 Å². The lowest BCUT2D eigenvalue weighted by Gasteiger charge is -2.22. The maximum absolute atomic E-state index is 12.1. The summed E-state index contributed by atoms with van der Waals surface area (Å²) < 4.78 is 16.0. The van der Waals surface area contributed by atoms with E-state index in [9.17, 15) is 4.79 Å². The summed E-state index contributed by atoms with van der Waals surface area (Å²) in [5.74, 6) is 1.22. The van der Waals surface area contributed by atoms with Crippen molar-refractivity contribution in [3.05, 3.63) is 18.2 Å². The molecule has 1 aromatic rings. The normalized spacial score (nSPS) is 18.4. The zero-order valence-corrected chi connectivity index (χ0v) is 12.0. The lowest BCUT2D eigenvalue weighted by molar-refractivity contribution is -0.119. The zero-order valence-electron chi connectivity index (χ0n) is 12.0. The highest BCUT2D eigenvalue weighted by atomic mass is 16.5. The van der Waals surface area contributed by atoms with Crippen molar-refractivity contribution in [3.63, 3.8) is 0 Å². The first kappa shape index (κ1) is 14.7. The van der Waals surface area contributed by atoms with Crippen LogP contribution < -0.4 is 14.8 Å². The Morgan fingerprint density at radius 3 is 2.85 bits per heavy atom. The van der Waals surface area contributed by atoms with Crippen LogP contribution in [0.2, 0.25) is 0 Å². The number of amides is 1. The molecule has 0 bridgehead atoms. The number of nitrogens with one attached hydrogen (secondary N) is 1. The van der Waals surface area contributed by atoms with Crippen molar-refractivity contribution in [2.75, 3.05) is 26.1 Å². The van der Waals surface area contributed by atoms with Gasteiger partial charge in [-0.05, 0) is 31.4 Å². The summed E-state index contributed by atoms with van der Waals surface area (Å²) in [5, 5.41) is 2.86. The average molecular weight is 279 g/mol. The van der Waals surface area contributed by atoms with E-state index in [1.54, 1.807) is 32.4 Å². The molecule has 1 atom stereocenters. The van der Waals surface area contributed by atoms with Gasteiger partial charge in [0, 0.05) is 12.7 Å². The highest BCUT2D eigenvalue weighted by molar-refractivity contribution is 5.92. The van der Waals surface area contributed by atoms with Gasteiger partial charge in [-0.2, -0.15) is 0 Å². The number of ether oxygens (including phenoxy) is 3. The quantitative estimate of drug-likeness (QED) is 0.900. The Kier molecular flexibility index (Phi) is 5.24. The van der Waals surface area contributed by atoms with Crippen LogP contribution >= 0.6 is 0 Å². The van der Waals surface area contributed by atoms with E-state index in [0.717, 1.165) is 25.9 Å². The number of carbonyl (C=O) groups is 1. The summed E-state index contributed by atoms with van der Waals surface area (Å²) in [7, 11) is 3.16. The van der Waals surface area contributed by atoms with Gasteiger partial charge in [-0.15, -0.1) is 0 Å². The van der Waals surface area contributed by atoms with Crippen molar-refractivity contribution < 1.29 is 19.0 Å². The molecular weight excluding hydrogens is 258 g/mol. The lowest BCUT2D eigenvalue weighted by Crippen LogP contribution is -2.25. The monoisotopic (exact) mass is 279 g/mol. The molecule has 1 amide bonds. The first-order valence-corrected chi connectivity index (χ1v) is 6.86. The van der Waals surface area contributed by atoms with Crippen molar-refractivity contribution in [1.82, 2.24) is 0 Å². The van der Waals surface area contributed by atoms with E-state index < -0.39 is 0 Å². The maximum atomic E-state index is 12.1. The summed E-state index contributed by atoms with van der Waals surface area (Å²) in [4.78, 5) is 12.1. The van der Waals surface area contributed by atoms with E-state index in [1.807, 2.05) is 0 Å². The molecule has 0 aromatic heterocycles.